The summed E-state index contributed by atoms with van der Waals surface area (Å²) in [6, 6.07) is 4.39. The maximum absolute atomic E-state index is 12.6. The van der Waals surface area contributed by atoms with Crippen LogP contribution in [0.5, 0.6) is 0 Å². The Hall–Kier alpha value is -2.05. The number of carboxylic acid groups (broad SMARTS) is 1. The first kappa shape index (κ1) is 14.4. The zero-order valence-electron chi connectivity index (χ0n) is 10.4. The molecule has 0 aliphatic carbocycles. The third-order valence-corrected chi connectivity index (χ3v) is 2.86. The third-order valence-electron chi connectivity index (χ3n) is 2.86. The van der Waals surface area contributed by atoms with Crippen LogP contribution in [-0.4, -0.2) is 23.6 Å². The number of alkyl halides is 3. The average molecular weight is 287 g/mol. The highest BCUT2D eigenvalue weighted by Crippen LogP contribution is 2.32. The predicted molar refractivity (Wildman–Crippen MR) is 64.4 cm³/mol. The van der Waals surface area contributed by atoms with Gasteiger partial charge in [-0.05, 0) is 17.7 Å². The second-order valence-electron chi connectivity index (χ2n) is 4.37. The molecule has 0 fully saturated rings. The average Bonchev–Trinajstić information content (AvgIpc) is 2.84. The van der Waals surface area contributed by atoms with E-state index in [-0.39, 0.29) is 25.3 Å². The maximum Gasteiger partial charge on any atom is 0.416 e. The van der Waals surface area contributed by atoms with Gasteiger partial charge in [-0.3, -0.25) is 4.79 Å². The molecule has 0 saturated carbocycles. The molecule has 1 unspecified atom stereocenters. The zero-order valence-corrected chi connectivity index (χ0v) is 10.4. The van der Waals surface area contributed by atoms with Crippen LogP contribution in [0.4, 0.5) is 13.2 Å². The topological polar surface area (TPSA) is 58.9 Å². The van der Waals surface area contributed by atoms with Gasteiger partial charge in [-0.25, -0.2) is 4.99 Å². The molecular formula is C13H12F3NO3. The van der Waals surface area contributed by atoms with Gasteiger partial charge in [0.15, 0.2) is 5.90 Å². The molecular weight excluding hydrogens is 275 g/mol. The standard InChI is InChI=1S/C13H12F3NO3/c14-13(15,16)9-3-1-2-8(6-9)10-7-20-11(17-10)4-5-12(18)19/h1-3,6,10H,4-5,7H2,(H,18,19). The van der Waals surface area contributed by atoms with Crippen LogP contribution in [-0.2, 0) is 15.7 Å². The molecule has 0 radical (unpaired) electrons. The number of nitrogens with zero attached hydrogens (tertiary/aromatic N) is 1. The summed E-state index contributed by atoms with van der Waals surface area (Å²) in [5, 5.41) is 8.55. The Kier molecular flexibility index (Phi) is 3.96. The molecule has 1 atom stereocenters. The summed E-state index contributed by atoms with van der Waals surface area (Å²) >= 11 is 0. The molecule has 0 saturated heterocycles. The summed E-state index contributed by atoms with van der Waals surface area (Å²) in [5.74, 6) is -0.700. The molecule has 0 amide bonds. The van der Waals surface area contributed by atoms with Crippen LogP contribution >= 0.6 is 0 Å². The minimum absolute atomic E-state index is 0.117. The van der Waals surface area contributed by atoms with Crippen molar-refractivity contribution in [2.24, 2.45) is 4.99 Å². The van der Waals surface area contributed by atoms with E-state index in [0.29, 0.717) is 5.56 Å². The number of halogens is 3. The Morgan fingerprint density at radius 3 is 2.85 bits per heavy atom. The van der Waals surface area contributed by atoms with Crippen LogP contribution in [0, 0.1) is 0 Å². The first-order valence-corrected chi connectivity index (χ1v) is 5.94. The first-order chi connectivity index (χ1) is 9.36. The van der Waals surface area contributed by atoms with Crippen molar-refractivity contribution in [3.63, 3.8) is 0 Å². The van der Waals surface area contributed by atoms with Crippen LogP contribution in [0.15, 0.2) is 29.3 Å². The predicted octanol–water partition coefficient (Wildman–Crippen LogP) is 3.04. The van der Waals surface area contributed by atoms with Crippen molar-refractivity contribution in [1.82, 2.24) is 0 Å². The van der Waals surface area contributed by atoms with Gasteiger partial charge in [0.05, 0.1) is 12.0 Å². The highest BCUT2D eigenvalue weighted by Gasteiger charge is 2.31. The molecule has 108 valence electrons. The van der Waals surface area contributed by atoms with Gasteiger partial charge in [-0.2, -0.15) is 13.2 Å². The van der Waals surface area contributed by atoms with Crippen molar-refractivity contribution in [3.8, 4) is 0 Å². The van der Waals surface area contributed by atoms with Gasteiger partial charge >= 0.3 is 12.1 Å². The van der Waals surface area contributed by atoms with Crippen molar-refractivity contribution >= 4 is 11.9 Å². The molecule has 4 nitrogen and oxygen atoms in total. The molecule has 1 heterocycles. The van der Waals surface area contributed by atoms with Gasteiger partial charge in [0.2, 0.25) is 0 Å². The van der Waals surface area contributed by atoms with Crippen LogP contribution in [0.1, 0.15) is 30.0 Å². The van der Waals surface area contributed by atoms with E-state index in [1.54, 1.807) is 6.07 Å². The van der Waals surface area contributed by atoms with E-state index in [0.717, 1.165) is 12.1 Å². The van der Waals surface area contributed by atoms with Crippen molar-refractivity contribution < 1.29 is 27.8 Å². The molecule has 1 aromatic rings. The van der Waals surface area contributed by atoms with Gasteiger partial charge in [-0.15, -0.1) is 0 Å². The fraction of sp³-hybridized carbons (Fsp3) is 0.385. The number of ether oxygens (including phenoxy) is 1. The molecule has 0 aromatic heterocycles. The number of hydrogen-bond acceptors (Lipinski definition) is 3. The first-order valence-electron chi connectivity index (χ1n) is 5.94. The Morgan fingerprint density at radius 1 is 1.45 bits per heavy atom. The number of benzene rings is 1. The normalized spacial score (nSPS) is 18.6. The number of carboxylic acids is 1. The number of carbonyl (C=O) groups is 1. The summed E-state index contributed by atoms with van der Waals surface area (Å²) in [5.41, 5.74) is -0.325. The van der Waals surface area contributed by atoms with Gasteiger partial charge in [-0.1, -0.05) is 12.1 Å². The van der Waals surface area contributed by atoms with E-state index < -0.39 is 23.8 Å². The number of aliphatic carboxylic acids is 1. The Morgan fingerprint density at radius 2 is 2.20 bits per heavy atom. The van der Waals surface area contributed by atoms with Gasteiger partial charge in [0.25, 0.3) is 0 Å². The van der Waals surface area contributed by atoms with Crippen molar-refractivity contribution in [1.29, 1.82) is 0 Å². The van der Waals surface area contributed by atoms with E-state index in [4.69, 9.17) is 9.84 Å². The highest BCUT2D eigenvalue weighted by molar-refractivity contribution is 5.81. The van der Waals surface area contributed by atoms with E-state index in [1.165, 1.54) is 6.07 Å². The monoisotopic (exact) mass is 287 g/mol. The minimum Gasteiger partial charge on any atom is -0.481 e. The maximum atomic E-state index is 12.6. The van der Waals surface area contributed by atoms with E-state index in [2.05, 4.69) is 4.99 Å². The molecule has 0 bridgehead atoms. The molecule has 1 aliphatic heterocycles. The number of aliphatic imine (C=N–C) groups is 1. The number of rotatable bonds is 4. The van der Waals surface area contributed by atoms with Crippen LogP contribution < -0.4 is 0 Å². The van der Waals surface area contributed by atoms with Gasteiger partial charge in [0, 0.05) is 6.42 Å². The van der Waals surface area contributed by atoms with E-state index >= 15 is 0 Å². The van der Waals surface area contributed by atoms with Gasteiger partial charge < -0.3 is 9.84 Å². The van der Waals surface area contributed by atoms with Crippen molar-refractivity contribution in [2.75, 3.05) is 6.61 Å². The molecule has 2 rings (SSSR count). The second kappa shape index (κ2) is 5.52. The smallest absolute Gasteiger partial charge is 0.416 e. The Labute approximate surface area is 112 Å². The lowest BCUT2D eigenvalue weighted by Gasteiger charge is -2.10. The number of hydrogen-bond donors (Lipinski definition) is 1. The van der Waals surface area contributed by atoms with Crippen LogP contribution in [0.2, 0.25) is 0 Å². The largest absolute Gasteiger partial charge is 0.481 e. The molecule has 20 heavy (non-hydrogen) atoms. The van der Waals surface area contributed by atoms with E-state index in [1.807, 2.05) is 0 Å². The lowest BCUT2D eigenvalue weighted by atomic mass is 10.0. The molecule has 7 heteroatoms. The SMILES string of the molecule is O=C(O)CCC1=NC(c2cccc(C(F)(F)F)c2)CO1. The summed E-state index contributed by atoms with van der Waals surface area (Å²) in [6.07, 6.45) is -4.37. The molecule has 1 aliphatic rings. The summed E-state index contributed by atoms with van der Waals surface area (Å²) < 4.78 is 43.0. The minimum atomic E-state index is -4.40. The quantitative estimate of drug-likeness (QED) is 0.926. The van der Waals surface area contributed by atoms with Crippen molar-refractivity contribution in [2.45, 2.75) is 25.1 Å². The molecule has 0 spiro atoms. The third kappa shape index (κ3) is 3.49. The van der Waals surface area contributed by atoms with E-state index in [9.17, 15) is 18.0 Å². The summed E-state index contributed by atoms with van der Waals surface area (Å²) in [7, 11) is 0. The lowest BCUT2D eigenvalue weighted by Crippen LogP contribution is -2.06. The van der Waals surface area contributed by atoms with Gasteiger partial charge in [0.1, 0.15) is 12.6 Å². The van der Waals surface area contributed by atoms with Crippen LogP contribution in [0.25, 0.3) is 0 Å². The zero-order chi connectivity index (χ0) is 14.8. The molecule has 1 aromatic carbocycles. The fourth-order valence-corrected chi connectivity index (χ4v) is 1.87. The van der Waals surface area contributed by atoms with Crippen LogP contribution in [0.3, 0.4) is 0 Å². The van der Waals surface area contributed by atoms with Crippen molar-refractivity contribution in [3.05, 3.63) is 35.4 Å². The lowest BCUT2D eigenvalue weighted by molar-refractivity contribution is -0.138. The second-order valence-corrected chi connectivity index (χ2v) is 4.37. The molecule has 1 N–H and O–H groups in total. The Bertz CT molecular complexity index is 540. The fourth-order valence-electron chi connectivity index (χ4n) is 1.87. The Balaban J connectivity index is 2.11. The summed E-state index contributed by atoms with van der Waals surface area (Å²) in [4.78, 5) is 14.5. The summed E-state index contributed by atoms with van der Waals surface area (Å²) in [6.45, 7) is 0.135. The highest BCUT2D eigenvalue weighted by atomic mass is 19.4.